The minimum Gasteiger partial charge on any atom is -0.346 e. The van der Waals surface area contributed by atoms with Gasteiger partial charge < -0.3 is 9.88 Å². The Bertz CT molecular complexity index is 594. The lowest BCUT2D eigenvalue weighted by molar-refractivity contribution is 0.445. The lowest BCUT2D eigenvalue weighted by atomic mass is 9.94. The number of hydrogen-bond acceptors (Lipinski definition) is 1. The molecular formula is C16H21BrN2. The van der Waals surface area contributed by atoms with Crippen LogP contribution in [0.3, 0.4) is 0 Å². The number of nitrogens with zero attached hydrogens (tertiary/aromatic N) is 1. The van der Waals surface area contributed by atoms with Gasteiger partial charge in [0.05, 0.1) is 5.52 Å². The molecule has 2 heterocycles. The van der Waals surface area contributed by atoms with E-state index in [-0.39, 0.29) is 0 Å². The Morgan fingerprint density at radius 1 is 1.32 bits per heavy atom. The average Bonchev–Trinajstić information content (AvgIpc) is 2.72. The topological polar surface area (TPSA) is 17.0 Å². The van der Waals surface area contributed by atoms with E-state index in [9.17, 15) is 0 Å². The van der Waals surface area contributed by atoms with Crippen LogP contribution in [0.15, 0.2) is 22.7 Å². The summed E-state index contributed by atoms with van der Waals surface area (Å²) in [4.78, 5) is 0. The van der Waals surface area contributed by atoms with E-state index in [1.165, 1.54) is 39.5 Å². The summed E-state index contributed by atoms with van der Waals surface area (Å²) in [5.41, 5.74) is 4.34. The molecule has 0 bridgehead atoms. The normalized spacial score (nSPS) is 17.2. The van der Waals surface area contributed by atoms with Crippen molar-refractivity contribution in [1.82, 2.24) is 9.88 Å². The Hall–Kier alpha value is -0.800. The smallest absolute Gasteiger partial charge is 0.0524 e. The van der Waals surface area contributed by atoms with Gasteiger partial charge in [-0.3, -0.25) is 0 Å². The van der Waals surface area contributed by atoms with Crippen molar-refractivity contribution in [2.45, 2.75) is 32.1 Å². The van der Waals surface area contributed by atoms with E-state index in [2.05, 4.69) is 58.0 Å². The molecule has 0 atom stereocenters. The maximum absolute atomic E-state index is 3.86. The maximum Gasteiger partial charge on any atom is 0.0524 e. The number of aromatic nitrogens is 1. The quantitative estimate of drug-likeness (QED) is 0.886. The van der Waals surface area contributed by atoms with Crippen LogP contribution in [0, 0.1) is 0 Å². The zero-order chi connectivity index (χ0) is 13.4. The Kier molecular flexibility index (Phi) is 3.68. The second kappa shape index (κ2) is 5.29. The summed E-state index contributed by atoms with van der Waals surface area (Å²) in [7, 11) is 2.23. The van der Waals surface area contributed by atoms with Crippen molar-refractivity contribution in [3.63, 3.8) is 0 Å². The largest absolute Gasteiger partial charge is 0.346 e. The van der Waals surface area contributed by atoms with E-state index in [4.69, 9.17) is 0 Å². The van der Waals surface area contributed by atoms with E-state index in [0.717, 1.165) is 19.5 Å². The van der Waals surface area contributed by atoms with Gasteiger partial charge in [-0.1, -0.05) is 25.1 Å². The van der Waals surface area contributed by atoms with Crippen LogP contribution in [-0.4, -0.2) is 17.7 Å². The molecule has 1 aromatic carbocycles. The molecule has 2 aromatic rings. The highest BCUT2D eigenvalue weighted by Crippen LogP contribution is 2.39. The summed E-state index contributed by atoms with van der Waals surface area (Å²) in [6, 6.07) is 6.67. The monoisotopic (exact) mass is 320 g/mol. The summed E-state index contributed by atoms with van der Waals surface area (Å²) in [6.45, 7) is 4.51. The fraction of sp³-hybridized carbons (Fsp3) is 0.500. The predicted octanol–water partition coefficient (Wildman–Crippen LogP) is 3.97. The molecule has 1 aromatic heterocycles. The van der Waals surface area contributed by atoms with E-state index in [1.54, 1.807) is 0 Å². The number of nitrogens with one attached hydrogen (secondary N) is 1. The van der Waals surface area contributed by atoms with Gasteiger partial charge in [0.1, 0.15) is 0 Å². The maximum atomic E-state index is 3.86. The Morgan fingerprint density at radius 3 is 2.74 bits per heavy atom. The molecule has 1 saturated heterocycles. The van der Waals surface area contributed by atoms with Gasteiger partial charge in [0, 0.05) is 28.5 Å². The van der Waals surface area contributed by atoms with Gasteiger partial charge in [0.25, 0.3) is 0 Å². The summed E-state index contributed by atoms with van der Waals surface area (Å²) < 4.78 is 3.74. The third kappa shape index (κ3) is 2.13. The summed E-state index contributed by atoms with van der Waals surface area (Å²) in [6.07, 6.45) is 3.57. The van der Waals surface area contributed by atoms with E-state index in [1.807, 2.05) is 0 Å². The third-order valence-corrected chi connectivity index (χ3v) is 5.22. The molecule has 102 valence electrons. The third-order valence-electron chi connectivity index (χ3n) is 4.38. The molecule has 3 heteroatoms. The van der Waals surface area contributed by atoms with Crippen LogP contribution in [-0.2, 0) is 13.5 Å². The molecule has 2 nitrogen and oxygen atoms in total. The van der Waals surface area contributed by atoms with Crippen LogP contribution in [0.4, 0.5) is 0 Å². The lowest BCUT2D eigenvalue weighted by Gasteiger charge is -2.24. The van der Waals surface area contributed by atoms with Crippen molar-refractivity contribution in [3.8, 4) is 0 Å². The van der Waals surface area contributed by atoms with Crippen LogP contribution in [0.2, 0.25) is 0 Å². The molecular weight excluding hydrogens is 300 g/mol. The molecule has 3 rings (SSSR count). The fourth-order valence-electron chi connectivity index (χ4n) is 3.40. The van der Waals surface area contributed by atoms with Crippen LogP contribution in [0.5, 0.6) is 0 Å². The van der Waals surface area contributed by atoms with Crippen molar-refractivity contribution >= 4 is 26.8 Å². The van der Waals surface area contributed by atoms with Gasteiger partial charge in [-0.2, -0.15) is 0 Å². The minimum atomic E-state index is 0.678. The highest BCUT2D eigenvalue weighted by Gasteiger charge is 2.23. The first-order valence-corrected chi connectivity index (χ1v) is 7.99. The second-order valence-corrected chi connectivity index (χ2v) is 6.24. The van der Waals surface area contributed by atoms with Gasteiger partial charge in [-0.15, -0.1) is 0 Å². The second-order valence-electron chi connectivity index (χ2n) is 5.45. The molecule has 0 aliphatic carbocycles. The van der Waals surface area contributed by atoms with Gasteiger partial charge in [-0.05, 0) is 53.8 Å². The van der Waals surface area contributed by atoms with E-state index >= 15 is 0 Å². The number of halogens is 1. The molecule has 0 radical (unpaired) electrons. The fourth-order valence-corrected chi connectivity index (χ4v) is 4.31. The molecule has 0 amide bonds. The molecule has 1 fully saturated rings. The number of piperidine rings is 1. The van der Waals surface area contributed by atoms with E-state index in [0.29, 0.717) is 5.92 Å². The highest BCUT2D eigenvalue weighted by molar-refractivity contribution is 9.10. The summed E-state index contributed by atoms with van der Waals surface area (Å²) >= 11 is 3.86. The van der Waals surface area contributed by atoms with Gasteiger partial charge in [0.15, 0.2) is 0 Å². The molecule has 0 saturated carbocycles. The van der Waals surface area contributed by atoms with Crippen molar-refractivity contribution < 1.29 is 0 Å². The molecule has 19 heavy (non-hydrogen) atoms. The lowest BCUT2D eigenvalue weighted by Crippen LogP contribution is -2.27. The van der Waals surface area contributed by atoms with Crippen molar-refractivity contribution in [1.29, 1.82) is 0 Å². The number of fused-ring (bicyclic) bond motifs is 1. The first kappa shape index (κ1) is 13.2. The van der Waals surface area contributed by atoms with E-state index < -0.39 is 0 Å². The summed E-state index contributed by atoms with van der Waals surface area (Å²) in [5.74, 6) is 0.678. The first-order valence-electron chi connectivity index (χ1n) is 7.20. The molecule has 1 aliphatic heterocycles. The number of rotatable bonds is 2. The first-order chi connectivity index (χ1) is 9.24. The summed E-state index contributed by atoms with van der Waals surface area (Å²) in [5, 5.41) is 4.83. The number of benzene rings is 1. The highest BCUT2D eigenvalue weighted by atomic mass is 79.9. The molecule has 1 N–H and O–H groups in total. The van der Waals surface area contributed by atoms with Crippen LogP contribution in [0.1, 0.15) is 36.9 Å². The van der Waals surface area contributed by atoms with Crippen molar-refractivity contribution in [2.75, 3.05) is 13.1 Å². The Labute approximate surface area is 123 Å². The Morgan fingerprint density at radius 2 is 2.05 bits per heavy atom. The SMILES string of the molecule is CCc1cccc2c(Br)c(C3CCNCC3)n(C)c12. The van der Waals surface area contributed by atoms with Gasteiger partial charge in [-0.25, -0.2) is 0 Å². The van der Waals surface area contributed by atoms with Crippen LogP contribution >= 0.6 is 15.9 Å². The number of para-hydroxylation sites is 1. The standard InChI is InChI=1S/C16H21BrN2/c1-3-11-5-4-6-13-14(17)16(19(2)15(11)13)12-7-9-18-10-8-12/h4-6,12,18H,3,7-10H2,1-2H3. The average molecular weight is 321 g/mol. The number of hydrogen-bond donors (Lipinski definition) is 1. The zero-order valence-corrected chi connectivity index (χ0v) is 13.3. The van der Waals surface area contributed by atoms with Crippen molar-refractivity contribution in [2.24, 2.45) is 7.05 Å². The van der Waals surface area contributed by atoms with Gasteiger partial charge in [0.2, 0.25) is 0 Å². The van der Waals surface area contributed by atoms with Gasteiger partial charge >= 0.3 is 0 Å². The van der Waals surface area contributed by atoms with Crippen LogP contribution in [0.25, 0.3) is 10.9 Å². The Balaban J connectivity index is 2.19. The minimum absolute atomic E-state index is 0.678. The molecule has 0 unspecified atom stereocenters. The molecule has 1 aliphatic rings. The van der Waals surface area contributed by atoms with Crippen molar-refractivity contribution in [3.05, 3.63) is 33.9 Å². The molecule has 0 spiro atoms. The predicted molar refractivity (Wildman–Crippen MR) is 84.8 cm³/mol. The number of aryl methyl sites for hydroxylation is 2. The van der Waals surface area contributed by atoms with Crippen LogP contribution < -0.4 is 5.32 Å². The zero-order valence-electron chi connectivity index (χ0n) is 11.7.